The molecule has 0 radical (unpaired) electrons. The maximum Gasteiger partial charge on any atom is 0.334 e. The maximum atomic E-state index is 11.4. The zero-order chi connectivity index (χ0) is 10.4. The highest BCUT2D eigenvalue weighted by atomic mass is 16.5. The third kappa shape index (κ3) is 2.59. The maximum absolute atomic E-state index is 11.4. The van der Waals surface area contributed by atoms with Crippen molar-refractivity contribution in [1.82, 2.24) is 0 Å². The van der Waals surface area contributed by atoms with Gasteiger partial charge >= 0.3 is 5.97 Å². The van der Waals surface area contributed by atoms with Gasteiger partial charge in [-0.2, -0.15) is 5.26 Å². The minimum absolute atomic E-state index is 0.232. The summed E-state index contributed by atoms with van der Waals surface area (Å²) in [5.41, 5.74) is 0.551. The van der Waals surface area contributed by atoms with Crippen LogP contribution in [0.15, 0.2) is 11.6 Å². The second-order valence-corrected chi connectivity index (χ2v) is 3.56. The Labute approximate surface area is 84.4 Å². The Balaban J connectivity index is 2.72. The van der Waals surface area contributed by atoms with Crippen LogP contribution in [0.5, 0.6) is 0 Å². The molecule has 3 heteroatoms. The van der Waals surface area contributed by atoms with Gasteiger partial charge in [0, 0.05) is 6.08 Å². The van der Waals surface area contributed by atoms with Crippen molar-refractivity contribution >= 4 is 5.97 Å². The predicted molar refractivity (Wildman–Crippen MR) is 52.3 cm³/mol. The van der Waals surface area contributed by atoms with Crippen molar-refractivity contribution < 1.29 is 9.53 Å². The van der Waals surface area contributed by atoms with Gasteiger partial charge in [0.2, 0.25) is 0 Å². The van der Waals surface area contributed by atoms with Crippen LogP contribution in [0.25, 0.3) is 0 Å². The molecule has 0 unspecified atom stereocenters. The first-order valence-corrected chi connectivity index (χ1v) is 4.97. The van der Waals surface area contributed by atoms with Gasteiger partial charge in [-0.1, -0.05) is 19.3 Å². The summed E-state index contributed by atoms with van der Waals surface area (Å²) in [5, 5.41) is 8.58. The van der Waals surface area contributed by atoms with Crippen molar-refractivity contribution in [2.24, 2.45) is 5.92 Å². The predicted octanol–water partition coefficient (Wildman–Crippen LogP) is 2.19. The molecule has 14 heavy (non-hydrogen) atoms. The first kappa shape index (κ1) is 10.8. The lowest BCUT2D eigenvalue weighted by Gasteiger charge is -2.22. The fourth-order valence-electron chi connectivity index (χ4n) is 1.94. The minimum Gasteiger partial charge on any atom is -0.466 e. The average Bonchev–Trinajstić information content (AvgIpc) is 2.26. The van der Waals surface area contributed by atoms with Crippen LogP contribution in [-0.2, 0) is 9.53 Å². The summed E-state index contributed by atoms with van der Waals surface area (Å²) >= 11 is 0. The molecule has 0 amide bonds. The molecule has 0 bridgehead atoms. The Bertz CT molecular complexity index is 270. The number of ether oxygens (including phenoxy) is 1. The first-order valence-electron chi connectivity index (χ1n) is 4.97. The molecule has 1 aliphatic rings. The summed E-state index contributed by atoms with van der Waals surface area (Å²) < 4.78 is 4.66. The molecule has 1 aliphatic carbocycles. The number of rotatable bonds is 2. The molecule has 1 fully saturated rings. The van der Waals surface area contributed by atoms with Crippen molar-refractivity contribution in [2.45, 2.75) is 32.1 Å². The van der Waals surface area contributed by atoms with Gasteiger partial charge in [-0.15, -0.1) is 0 Å². The molecule has 0 heterocycles. The molecule has 76 valence electrons. The van der Waals surface area contributed by atoms with E-state index in [0.717, 1.165) is 25.7 Å². The molecule has 0 atom stereocenters. The van der Waals surface area contributed by atoms with E-state index in [-0.39, 0.29) is 11.9 Å². The quantitative estimate of drug-likeness (QED) is 0.383. The third-order valence-electron chi connectivity index (χ3n) is 2.69. The molecular formula is C11H15NO2. The second-order valence-electron chi connectivity index (χ2n) is 3.56. The number of nitriles is 1. The van der Waals surface area contributed by atoms with E-state index < -0.39 is 0 Å². The Morgan fingerprint density at radius 3 is 2.57 bits per heavy atom. The SMILES string of the molecule is COC(=O)C(=CC#N)C1CCCCC1. The van der Waals surface area contributed by atoms with Gasteiger partial charge in [0.15, 0.2) is 0 Å². The van der Waals surface area contributed by atoms with Crippen molar-refractivity contribution in [1.29, 1.82) is 5.26 Å². The molecule has 1 saturated carbocycles. The highest BCUT2D eigenvalue weighted by Gasteiger charge is 2.23. The van der Waals surface area contributed by atoms with Crippen LogP contribution < -0.4 is 0 Å². The van der Waals surface area contributed by atoms with Gasteiger partial charge in [-0.25, -0.2) is 4.79 Å². The standard InChI is InChI=1S/C11H15NO2/c1-14-11(13)10(7-8-12)9-5-3-2-4-6-9/h7,9H,2-6H2,1H3. The van der Waals surface area contributed by atoms with Gasteiger partial charge in [0.25, 0.3) is 0 Å². The largest absolute Gasteiger partial charge is 0.466 e. The van der Waals surface area contributed by atoms with E-state index in [9.17, 15) is 4.79 Å². The fraction of sp³-hybridized carbons (Fsp3) is 0.636. The number of allylic oxidation sites excluding steroid dienone is 1. The Morgan fingerprint density at radius 2 is 2.07 bits per heavy atom. The van der Waals surface area contributed by atoms with Crippen LogP contribution in [0.1, 0.15) is 32.1 Å². The number of hydrogen-bond acceptors (Lipinski definition) is 3. The van der Waals surface area contributed by atoms with Crippen LogP contribution in [0.2, 0.25) is 0 Å². The summed E-state index contributed by atoms with van der Waals surface area (Å²) in [6.45, 7) is 0. The van der Waals surface area contributed by atoms with Crippen LogP contribution in [-0.4, -0.2) is 13.1 Å². The van der Waals surface area contributed by atoms with E-state index in [0.29, 0.717) is 5.57 Å². The highest BCUT2D eigenvalue weighted by Crippen LogP contribution is 2.30. The van der Waals surface area contributed by atoms with Crippen molar-refractivity contribution in [3.63, 3.8) is 0 Å². The fourth-order valence-corrected chi connectivity index (χ4v) is 1.94. The lowest BCUT2D eigenvalue weighted by atomic mass is 9.83. The average molecular weight is 193 g/mol. The third-order valence-corrected chi connectivity index (χ3v) is 2.69. The molecule has 1 rings (SSSR count). The molecule has 0 aromatic carbocycles. The van der Waals surface area contributed by atoms with Crippen molar-refractivity contribution in [3.8, 4) is 6.07 Å². The summed E-state index contributed by atoms with van der Waals surface area (Å²) in [6, 6.07) is 1.92. The second kappa shape index (κ2) is 5.43. The Hall–Kier alpha value is -1.30. The van der Waals surface area contributed by atoms with Crippen LogP contribution in [0, 0.1) is 17.2 Å². The molecule has 0 aliphatic heterocycles. The van der Waals surface area contributed by atoms with E-state index in [1.165, 1.54) is 19.6 Å². The summed E-state index contributed by atoms with van der Waals surface area (Å²) in [6.07, 6.45) is 6.86. The van der Waals surface area contributed by atoms with E-state index in [4.69, 9.17) is 5.26 Å². The van der Waals surface area contributed by atoms with Gasteiger partial charge in [-0.05, 0) is 18.8 Å². The van der Waals surface area contributed by atoms with E-state index in [1.54, 1.807) is 0 Å². The molecule has 0 N–H and O–H groups in total. The van der Waals surface area contributed by atoms with Crippen LogP contribution in [0.3, 0.4) is 0 Å². The number of methoxy groups -OCH3 is 1. The smallest absolute Gasteiger partial charge is 0.334 e. The number of esters is 1. The number of nitrogens with zero attached hydrogens (tertiary/aromatic N) is 1. The molecular weight excluding hydrogens is 178 g/mol. The Kier molecular flexibility index (Phi) is 4.18. The van der Waals surface area contributed by atoms with Gasteiger partial charge in [0.05, 0.1) is 18.8 Å². The number of carbonyl (C=O) groups is 1. The van der Waals surface area contributed by atoms with Gasteiger partial charge < -0.3 is 4.74 Å². The van der Waals surface area contributed by atoms with E-state index >= 15 is 0 Å². The minimum atomic E-state index is -0.349. The van der Waals surface area contributed by atoms with Crippen LogP contribution >= 0.6 is 0 Å². The van der Waals surface area contributed by atoms with Crippen molar-refractivity contribution in [3.05, 3.63) is 11.6 Å². The lowest BCUT2D eigenvalue weighted by molar-refractivity contribution is -0.136. The molecule has 3 nitrogen and oxygen atoms in total. The summed E-state index contributed by atoms with van der Waals surface area (Å²) in [7, 11) is 1.36. The molecule has 0 spiro atoms. The molecule has 0 aromatic rings. The summed E-state index contributed by atoms with van der Waals surface area (Å²) in [4.78, 5) is 11.4. The summed E-state index contributed by atoms with van der Waals surface area (Å²) in [5.74, 6) is -0.116. The van der Waals surface area contributed by atoms with Gasteiger partial charge in [-0.3, -0.25) is 0 Å². The normalized spacial score (nSPS) is 18.7. The molecule has 0 saturated heterocycles. The van der Waals surface area contributed by atoms with E-state index in [1.807, 2.05) is 6.07 Å². The zero-order valence-corrected chi connectivity index (χ0v) is 8.45. The number of carbonyl (C=O) groups excluding carboxylic acids is 1. The van der Waals surface area contributed by atoms with E-state index in [2.05, 4.69) is 4.74 Å². The number of hydrogen-bond donors (Lipinski definition) is 0. The first-order chi connectivity index (χ1) is 6.79. The lowest BCUT2D eigenvalue weighted by Crippen LogP contribution is -2.17. The molecule has 0 aromatic heterocycles. The Morgan fingerprint density at radius 1 is 1.43 bits per heavy atom. The van der Waals surface area contributed by atoms with Gasteiger partial charge in [0.1, 0.15) is 0 Å². The highest BCUT2D eigenvalue weighted by molar-refractivity contribution is 5.89. The monoisotopic (exact) mass is 193 g/mol. The zero-order valence-electron chi connectivity index (χ0n) is 8.45. The van der Waals surface area contributed by atoms with Crippen molar-refractivity contribution in [2.75, 3.05) is 7.11 Å². The topological polar surface area (TPSA) is 50.1 Å². The van der Waals surface area contributed by atoms with Crippen LogP contribution in [0.4, 0.5) is 0 Å².